The molecule has 1 fully saturated rings. The van der Waals surface area contributed by atoms with Crippen LogP contribution in [0.25, 0.3) is 0 Å². The van der Waals surface area contributed by atoms with Gasteiger partial charge in [-0.3, -0.25) is 4.79 Å². The van der Waals surface area contributed by atoms with Gasteiger partial charge in [0.1, 0.15) is 5.82 Å². The number of carboxylic acids is 1. The normalized spacial score (nSPS) is 14.6. The van der Waals surface area contributed by atoms with Gasteiger partial charge in [-0.1, -0.05) is 13.3 Å². The molecule has 8 nitrogen and oxygen atoms in total. The molecular weight excluding hydrogens is 458 g/mol. The number of hydrogen-bond donors (Lipinski definition) is 2. The van der Waals surface area contributed by atoms with Gasteiger partial charge in [-0.2, -0.15) is 17.5 Å². The molecule has 1 aromatic rings. The number of benzene rings is 1. The van der Waals surface area contributed by atoms with Gasteiger partial charge in [0.2, 0.25) is 15.9 Å². The first kappa shape index (κ1) is 27.8. The van der Waals surface area contributed by atoms with E-state index >= 15 is 0 Å². The molecule has 0 radical (unpaired) electrons. The number of unbranched alkanes of at least 4 members (excludes halogenated alkanes) is 1. The molecule has 1 aromatic carbocycles. The lowest BCUT2D eigenvalue weighted by Gasteiger charge is -2.28. The largest absolute Gasteiger partial charge is 0.490 e. The molecule has 0 unspecified atom stereocenters. The molecule has 182 valence electrons. The summed E-state index contributed by atoms with van der Waals surface area (Å²) in [7, 11) is -3.73. The van der Waals surface area contributed by atoms with E-state index in [9.17, 15) is 30.8 Å². The number of nitrogens with zero attached hydrogens (tertiary/aromatic N) is 2. The summed E-state index contributed by atoms with van der Waals surface area (Å²) in [5.41, 5.74) is 0. The molecule has 1 saturated heterocycles. The van der Waals surface area contributed by atoms with Crippen LogP contribution in [-0.2, 0) is 19.6 Å². The fourth-order valence-corrected chi connectivity index (χ4v) is 4.21. The zero-order valence-electron chi connectivity index (χ0n) is 17.6. The van der Waals surface area contributed by atoms with E-state index in [4.69, 9.17) is 9.90 Å². The summed E-state index contributed by atoms with van der Waals surface area (Å²) in [5.74, 6) is -3.27. The Morgan fingerprint density at radius 1 is 1.12 bits per heavy atom. The van der Waals surface area contributed by atoms with E-state index in [0.717, 1.165) is 31.6 Å². The highest BCUT2D eigenvalue weighted by atomic mass is 32.2. The minimum atomic E-state index is -5.08. The summed E-state index contributed by atoms with van der Waals surface area (Å²) in [6.45, 7) is 5.30. The highest BCUT2D eigenvalue weighted by Crippen LogP contribution is 2.18. The number of rotatable bonds is 8. The number of carboxylic acid groups (broad SMARTS) is 1. The summed E-state index contributed by atoms with van der Waals surface area (Å²) in [6.07, 6.45) is -3.37. The molecule has 0 spiro atoms. The van der Waals surface area contributed by atoms with Crippen LogP contribution in [0.3, 0.4) is 0 Å². The van der Waals surface area contributed by atoms with Gasteiger partial charge in [-0.15, -0.1) is 0 Å². The number of aliphatic carboxylic acids is 1. The maximum Gasteiger partial charge on any atom is 0.490 e. The Kier molecular flexibility index (Phi) is 11.0. The first-order chi connectivity index (χ1) is 14.9. The molecule has 13 heteroatoms. The first-order valence-electron chi connectivity index (χ1n) is 9.94. The van der Waals surface area contributed by atoms with E-state index in [0.29, 0.717) is 26.1 Å². The van der Waals surface area contributed by atoms with Crippen LogP contribution in [-0.4, -0.2) is 80.1 Å². The van der Waals surface area contributed by atoms with Crippen molar-refractivity contribution in [2.75, 3.05) is 39.3 Å². The Morgan fingerprint density at radius 2 is 1.66 bits per heavy atom. The van der Waals surface area contributed by atoms with Crippen LogP contribution < -0.4 is 5.32 Å². The quantitative estimate of drug-likeness (QED) is 0.546. The first-order valence-corrected chi connectivity index (χ1v) is 11.4. The zero-order valence-corrected chi connectivity index (χ0v) is 18.4. The molecule has 2 N–H and O–H groups in total. The van der Waals surface area contributed by atoms with E-state index in [1.165, 1.54) is 16.4 Å². The van der Waals surface area contributed by atoms with E-state index in [-0.39, 0.29) is 23.8 Å². The Morgan fingerprint density at radius 3 is 2.12 bits per heavy atom. The van der Waals surface area contributed by atoms with Crippen LogP contribution in [0, 0.1) is 5.82 Å². The number of carbonyl (C=O) groups is 2. The highest BCUT2D eigenvalue weighted by Gasteiger charge is 2.38. The monoisotopic (exact) mass is 485 g/mol. The average Bonchev–Trinajstić information content (AvgIpc) is 2.74. The van der Waals surface area contributed by atoms with Crippen LogP contribution in [0.4, 0.5) is 17.6 Å². The maximum absolute atomic E-state index is 13.1. The molecule has 0 atom stereocenters. The summed E-state index contributed by atoms with van der Waals surface area (Å²) in [6, 6.07) is 4.80. The molecule has 32 heavy (non-hydrogen) atoms. The Hall–Kier alpha value is -2.25. The van der Waals surface area contributed by atoms with E-state index in [1.54, 1.807) is 4.90 Å². The third kappa shape index (κ3) is 9.09. The average molecular weight is 486 g/mol. The van der Waals surface area contributed by atoms with Gasteiger partial charge < -0.3 is 15.3 Å². The Labute approximate surface area is 184 Å². The number of amides is 1. The number of carbonyl (C=O) groups excluding carboxylic acids is 1. The smallest absolute Gasteiger partial charge is 0.475 e. The number of piperazine rings is 1. The van der Waals surface area contributed by atoms with Crippen LogP contribution in [0.15, 0.2) is 29.2 Å². The van der Waals surface area contributed by atoms with Crippen LogP contribution in [0.2, 0.25) is 0 Å². The van der Waals surface area contributed by atoms with Gasteiger partial charge in [0.05, 0.1) is 4.90 Å². The number of nitrogens with one attached hydrogen (secondary N) is 1. The molecule has 0 aliphatic carbocycles. The van der Waals surface area contributed by atoms with Gasteiger partial charge in [0.25, 0.3) is 0 Å². The van der Waals surface area contributed by atoms with Crippen LogP contribution in [0.5, 0.6) is 0 Å². The van der Waals surface area contributed by atoms with Crippen molar-refractivity contribution in [1.29, 1.82) is 0 Å². The SMILES string of the molecule is CCCCN(CCC(=O)N1CCNCC1)S(=O)(=O)c1ccc(F)cc1.O=C(O)C(F)(F)F. The van der Waals surface area contributed by atoms with Gasteiger partial charge in [-0.25, -0.2) is 17.6 Å². The van der Waals surface area contributed by atoms with Crippen molar-refractivity contribution in [2.24, 2.45) is 0 Å². The molecule has 1 amide bonds. The number of alkyl halides is 3. The second-order valence-electron chi connectivity index (χ2n) is 6.90. The Bertz CT molecular complexity index is 842. The lowest BCUT2D eigenvalue weighted by atomic mass is 10.3. The summed E-state index contributed by atoms with van der Waals surface area (Å²) in [5, 5.41) is 10.3. The van der Waals surface area contributed by atoms with Crippen molar-refractivity contribution in [2.45, 2.75) is 37.3 Å². The van der Waals surface area contributed by atoms with Gasteiger partial charge in [0.15, 0.2) is 0 Å². The van der Waals surface area contributed by atoms with Crippen molar-refractivity contribution in [3.63, 3.8) is 0 Å². The molecule has 1 aliphatic rings. The molecule has 1 heterocycles. The lowest BCUT2D eigenvalue weighted by Crippen LogP contribution is -2.47. The fourth-order valence-electron chi connectivity index (χ4n) is 2.73. The maximum atomic E-state index is 13.1. The number of sulfonamides is 1. The molecule has 0 bridgehead atoms. The van der Waals surface area contributed by atoms with E-state index < -0.39 is 28.0 Å². The van der Waals surface area contributed by atoms with Crippen molar-refractivity contribution >= 4 is 21.9 Å². The van der Waals surface area contributed by atoms with Crippen molar-refractivity contribution < 1.29 is 40.7 Å². The summed E-state index contributed by atoms with van der Waals surface area (Å²) < 4.78 is 71.8. The summed E-state index contributed by atoms with van der Waals surface area (Å²) >= 11 is 0. The van der Waals surface area contributed by atoms with Gasteiger partial charge in [0, 0.05) is 45.7 Å². The third-order valence-electron chi connectivity index (χ3n) is 4.50. The second-order valence-corrected chi connectivity index (χ2v) is 8.83. The van der Waals surface area contributed by atoms with Crippen molar-refractivity contribution in [1.82, 2.24) is 14.5 Å². The molecule has 0 aromatic heterocycles. The molecule has 0 saturated carbocycles. The van der Waals surface area contributed by atoms with E-state index in [1.807, 2.05) is 6.92 Å². The molecular formula is C19H27F4N3O5S. The molecule has 2 rings (SSSR count). The van der Waals surface area contributed by atoms with Crippen LogP contribution in [0.1, 0.15) is 26.2 Å². The second kappa shape index (κ2) is 12.7. The van der Waals surface area contributed by atoms with Gasteiger partial charge >= 0.3 is 12.1 Å². The van der Waals surface area contributed by atoms with Crippen LogP contribution >= 0.6 is 0 Å². The zero-order chi connectivity index (χ0) is 24.4. The fraction of sp³-hybridized carbons (Fsp3) is 0.579. The number of halogens is 4. The van der Waals surface area contributed by atoms with E-state index in [2.05, 4.69) is 5.32 Å². The topological polar surface area (TPSA) is 107 Å². The van der Waals surface area contributed by atoms with Gasteiger partial charge in [-0.05, 0) is 30.7 Å². The van der Waals surface area contributed by atoms with Crippen molar-refractivity contribution in [3.05, 3.63) is 30.1 Å². The lowest BCUT2D eigenvalue weighted by molar-refractivity contribution is -0.192. The Balaban J connectivity index is 0.000000633. The number of hydrogen-bond acceptors (Lipinski definition) is 5. The highest BCUT2D eigenvalue weighted by molar-refractivity contribution is 7.89. The minimum absolute atomic E-state index is 0.0303. The predicted molar refractivity (Wildman–Crippen MR) is 108 cm³/mol. The third-order valence-corrected chi connectivity index (χ3v) is 6.41. The van der Waals surface area contributed by atoms with Crippen molar-refractivity contribution in [3.8, 4) is 0 Å². The standard InChI is InChI=1S/C17H26FN3O3S.C2HF3O2/c1-2-3-11-21(12-8-17(22)20-13-9-19-10-14-20)25(23,24)16-6-4-15(18)5-7-16;3-2(4,5)1(6)7/h4-7,19H,2-3,8-14H2,1H3;(H,6,7). The molecule has 1 aliphatic heterocycles. The summed E-state index contributed by atoms with van der Waals surface area (Å²) in [4.78, 5) is 23.0. The minimum Gasteiger partial charge on any atom is -0.475 e. The predicted octanol–water partition coefficient (Wildman–Crippen LogP) is 2.07.